The maximum Gasteiger partial charge on any atom is 0.117 e. The van der Waals surface area contributed by atoms with Crippen LogP contribution in [0, 0.1) is 0 Å². The molecule has 2 atom stereocenters. The van der Waals surface area contributed by atoms with Gasteiger partial charge in [-0.1, -0.05) is 25.1 Å². The molecule has 3 rings (SSSR count). The van der Waals surface area contributed by atoms with Gasteiger partial charge in [0.05, 0.1) is 5.52 Å². The molecular weight excluding hydrogens is 254 g/mol. The summed E-state index contributed by atoms with van der Waals surface area (Å²) in [5.41, 5.74) is 1.04. The molecule has 3 nitrogen and oxygen atoms in total. The highest BCUT2D eigenvalue weighted by Crippen LogP contribution is 2.36. The summed E-state index contributed by atoms with van der Waals surface area (Å²) in [5.74, 6) is 0. The van der Waals surface area contributed by atoms with Crippen LogP contribution < -0.4 is 5.32 Å². The highest BCUT2D eigenvalue weighted by Gasteiger charge is 2.25. The average Bonchev–Trinajstić information content (AvgIpc) is 2.87. The number of para-hydroxylation sites is 1. The van der Waals surface area contributed by atoms with Gasteiger partial charge >= 0.3 is 0 Å². The summed E-state index contributed by atoms with van der Waals surface area (Å²) in [6, 6.07) is 8.95. The summed E-state index contributed by atoms with van der Waals surface area (Å²) in [5, 5.41) is 6.55. The summed E-state index contributed by atoms with van der Waals surface area (Å²) in [6.45, 7) is 3.25. The number of benzene rings is 1. The van der Waals surface area contributed by atoms with Crippen molar-refractivity contribution in [3.63, 3.8) is 0 Å². The number of aromatic nitrogens is 2. The van der Waals surface area contributed by atoms with Crippen molar-refractivity contribution >= 4 is 22.7 Å². The smallest absolute Gasteiger partial charge is 0.117 e. The third-order valence-corrected chi connectivity index (χ3v) is 4.97. The van der Waals surface area contributed by atoms with Crippen molar-refractivity contribution in [3.8, 4) is 0 Å². The number of nitrogens with zero attached hydrogens (tertiary/aromatic N) is 2. The molecule has 100 valence electrons. The summed E-state index contributed by atoms with van der Waals surface area (Å²) < 4.78 is 0. The van der Waals surface area contributed by atoms with Crippen molar-refractivity contribution < 1.29 is 0 Å². The van der Waals surface area contributed by atoms with E-state index in [0.29, 0.717) is 11.3 Å². The van der Waals surface area contributed by atoms with Gasteiger partial charge in [0.1, 0.15) is 11.4 Å². The van der Waals surface area contributed by atoms with E-state index in [-0.39, 0.29) is 0 Å². The molecule has 19 heavy (non-hydrogen) atoms. The fraction of sp³-hybridized carbons (Fsp3) is 0.467. The third-order valence-electron chi connectivity index (χ3n) is 3.66. The third kappa shape index (κ3) is 2.90. The summed E-state index contributed by atoms with van der Waals surface area (Å²) in [6.07, 6.45) is 5.49. The van der Waals surface area contributed by atoms with Gasteiger partial charge in [-0.2, -0.15) is 0 Å². The van der Waals surface area contributed by atoms with E-state index in [4.69, 9.17) is 0 Å². The monoisotopic (exact) mass is 273 g/mol. The highest BCUT2D eigenvalue weighted by molar-refractivity contribution is 8.00. The van der Waals surface area contributed by atoms with Gasteiger partial charge in [0.15, 0.2) is 0 Å². The van der Waals surface area contributed by atoms with E-state index in [1.165, 1.54) is 24.6 Å². The Morgan fingerprint density at radius 3 is 3.05 bits per heavy atom. The molecule has 0 amide bonds. The topological polar surface area (TPSA) is 37.8 Å². The molecule has 0 bridgehead atoms. The molecule has 1 aromatic heterocycles. The quantitative estimate of drug-likeness (QED) is 0.868. The maximum atomic E-state index is 4.47. The van der Waals surface area contributed by atoms with Gasteiger partial charge in [0, 0.05) is 16.7 Å². The fourth-order valence-corrected chi connectivity index (χ4v) is 4.06. The zero-order valence-corrected chi connectivity index (χ0v) is 12.0. The van der Waals surface area contributed by atoms with Crippen LogP contribution in [0.4, 0.5) is 0 Å². The van der Waals surface area contributed by atoms with E-state index in [1.807, 2.05) is 17.8 Å². The van der Waals surface area contributed by atoms with Crippen molar-refractivity contribution in [2.75, 3.05) is 6.54 Å². The molecule has 0 radical (unpaired) electrons. The number of nitrogens with one attached hydrogen (secondary N) is 1. The first-order chi connectivity index (χ1) is 9.36. The van der Waals surface area contributed by atoms with Crippen LogP contribution in [-0.2, 0) is 0 Å². The van der Waals surface area contributed by atoms with Crippen molar-refractivity contribution in [3.05, 3.63) is 30.6 Å². The first-order valence-corrected chi connectivity index (χ1v) is 7.84. The molecule has 1 saturated carbocycles. The largest absolute Gasteiger partial charge is 0.314 e. The lowest BCUT2D eigenvalue weighted by atomic mass is 10.2. The number of fused-ring (bicyclic) bond motifs is 1. The van der Waals surface area contributed by atoms with Gasteiger partial charge in [0.25, 0.3) is 0 Å². The van der Waals surface area contributed by atoms with E-state index >= 15 is 0 Å². The lowest BCUT2D eigenvalue weighted by Crippen LogP contribution is -2.26. The Labute approximate surface area is 118 Å². The van der Waals surface area contributed by atoms with Crippen LogP contribution in [0.2, 0.25) is 0 Å². The Morgan fingerprint density at radius 1 is 1.26 bits per heavy atom. The molecular formula is C15H19N3S. The number of rotatable bonds is 4. The normalized spacial score (nSPS) is 23.0. The van der Waals surface area contributed by atoms with E-state index < -0.39 is 0 Å². The lowest BCUT2D eigenvalue weighted by molar-refractivity contribution is 0.543. The van der Waals surface area contributed by atoms with E-state index in [1.54, 1.807) is 6.33 Å². The van der Waals surface area contributed by atoms with E-state index in [2.05, 4.69) is 40.4 Å². The van der Waals surface area contributed by atoms with E-state index in [0.717, 1.165) is 17.1 Å². The molecule has 1 heterocycles. The van der Waals surface area contributed by atoms with Crippen molar-refractivity contribution in [2.45, 2.75) is 42.5 Å². The lowest BCUT2D eigenvalue weighted by Gasteiger charge is -2.12. The average molecular weight is 273 g/mol. The van der Waals surface area contributed by atoms with Crippen molar-refractivity contribution in [1.29, 1.82) is 0 Å². The Bertz CT molecular complexity index is 553. The Balaban J connectivity index is 1.75. The molecule has 1 N–H and O–H groups in total. The second kappa shape index (κ2) is 5.88. The van der Waals surface area contributed by atoms with Gasteiger partial charge in [-0.25, -0.2) is 9.97 Å². The van der Waals surface area contributed by atoms with Gasteiger partial charge in [-0.3, -0.25) is 0 Å². The highest BCUT2D eigenvalue weighted by atomic mass is 32.2. The van der Waals surface area contributed by atoms with Gasteiger partial charge in [-0.05, 0) is 31.9 Å². The van der Waals surface area contributed by atoms with Crippen molar-refractivity contribution in [2.24, 2.45) is 0 Å². The Kier molecular flexibility index (Phi) is 3.99. The molecule has 0 aliphatic heterocycles. The Morgan fingerprint density at radius 2 is 2.16 bits per heavy atom. The van der Waals surface area contributed by atoms with Crippen LogP contribution in [0.1, 0.15) is 26.2 Å². The van der Waals surface area contributed by atoms with Crippen LogP contribution in [-0.4, -0.2) is 27.8 Å². The van der Waals surface area contributed by atoms with Gasteiger partial charge in [-0.15, -0.1) is 11.8 Å². The molecule has 2 aromatic rings. The molecule has 1 aliphatic rings. The first kappa shape index (κ1) is 12.9. The Hall–Kier alpha value is -1.13. The molecule has 1 fully saturated rings. The standard InChI is InChI=1S/C15H19N3S/c1-2-16-11-7-8-12(9-11)19-15-13-5-3-4-6-14(13)17-10-18-15/h3-6,10-12,16H,2,7-9H2,1H3. The molecule has 1 aliphatic carbocycles. The van der Waals surface area contributed by atoms with Crippen LogP contribution in [0.5, 0.6) is 0 Å². The van der Waals surface area contributed by atoms with Gasteiger partial charge < -0.3 is 5.32 Å². The minimum atomic E-state index is 0.683. The molecule has 0 spiro atoms. The zero-order valence-electron chi connectivity index (χ0n) is 11.2. The van der Waals surface area contributed by atoms with Crippen LogP contribution in [0.3, 0.4) is 0 Å². The number of thioether (sulfide) groups is 1. The summed E-state index contributed by atoms with van der Waals surface area (Å²) in [4.78, 5) is 8.80. The molecule has 1 aromatic carbocycles. The molecule has 4 heteroatoms. The van der Waals surface area contributed by atoms with Crippen molar-refractivity contribution in [1.82, 2.24) is 15.3 Å². The fourth-order valence-electron chi connectivity index (χ4n) is 2.75. The van der Waals surface area contributed by atoms with Crippen LogP contribution in [0.15, 0.2) is 35.6 Å². The predicted octanol–water partition coefficient (Wildman–Crippen LogP) is 3.25. The maximum absolute atomic E-state index is 4.47. The second-order valence-electron chi connectivity index (χ2n) is 5.00. The molecule has 0 saturated heterocycles. The molecule has 2 unspecified atom stereocenters. The second-order valence-corrected chi connectivity index (χ2v) is 6.29. The van der Waals surface area contributed by atoms with Gasteiger partial charge in [0.2, 0.25) is 0 Å². The minimum Gasteiger partial charge on any atom is -0.314 e. The summed E-state index contributed by atoms with van der Waals surface area (Å²) in [7, 11) is 0. The first-order valence-electron chi connectivity index (χ1n) is 6.96. The minimum absolute atomic E-state index is 0.683. The predicted molar refractivity (Wildman–Crippen MR) is 80.5 cm³/mol. The van der Waals surface area contributed by atoms with Crippen LogP contribution >= 0.6 is 11.8 Å². The van der Waals surface area contributed by atoms with E-state index in [9.17, 15) is 0 Å². The SMILES string of the molecule is CCNC1CCC(Sc2ncnc3ccccc23)C1. The number of hydrogen-bond acceptors (Lipinski definition) is 4. The summed E-state index contributed by atoms with van der Waals surface area (Å²) >= 11 is 1.92. The van der Waals surface area contributed by atoms with Crippen LogP contribution in [0.25, 0.3) is 10.9 Å². The number of hydrogen-bond donors (Lipinski definition) is 1. The zero-order chi connectivity index (χ0) is 13.1.